The van der Waals surface area contributed by atoms with E-state index in [0.717, 1.165) is 28.8 Å². The molecule has 1 aliphatic carbocycles. The van der Waals surface area contributed by atoms with E-state index >= 15 is 0 Å². The highest BCUT2D eigenvalue weighted by Crippen LogP contribution is 2.40. The predicted molar refractivity (Wildman–Crippen MR) is 98.3 cm³/mol. The van der Waals surface area contributed by atoms with Crippen LogP contribution in [0.2, 0.25) is 0 Å². The molecule has 1 aromatic rings. The maximum atomic E-state index is 14.8. The first kappa shape index (κ1) is 18.9. The molecule has 0 unspecified atom stereocenters. The molecule has 1 saturated carbocycles. The monoisotopic (exact) mass is 384 g/mol. The van der Waals surface area contributed by atoms with Crippen molar-refractivity contribution < 1.29 is 9.13 Å². The van der Waals surface area contributed by atoms with Crippen molar-refractivity contribution in [3.05, 3.63) is 33.5 Å². The van der Waals surface area contributed by atoms with Gasteiger partial charge in [-0.15, -0.1) is 0 Å². The van der Waals surface area contributed by atoms with Crippen LogP contribution in [0.4, 0.5) is 4.39 Å². The van der Waals surface area contributed by atoms with Crippen LogP contribution in [0.15, 0.2) is 16.6 Å². The Hall–Kier alpha value is -0.410. The molecule has 0 bridgehead atoms. The van der Waals surface area contributed by atoms with Crippen LogP contribution >= 0.6 is 15.9 Å². The van der Waals surface area contributed by atoms with E-state index < -0.39 is 0 Å². The Morgan fingerprint density at radius 3 is 2.52 bits per heavy atom. The van der Waals surface area contributed by atoms with E-state index in [2.05, 4.69) is 22.9 Å². The third-order valence-corrected chi connectivity index (χ3v) is 6.00. The number of benzene rings is 1. The standard InChI is InChI=1S/C20H30BrFO/c1-3-4-5-6-7-15-8-10-16(11-9-15)17-12-13-19(21)18(14-23-2)20(17)22/h12-13,15-16H,3-11,14H2,1-2H3. The van der Waals surface area contributed by atoms with Crippen molar-refractivity contribution in [1.29, 1.82) is 0 Å². The molecule has 0 radical (unpaired) electrons. The first-order valence-electron chi connectivity index (χ1n) is 9.13. The third kappa shape index (κ3) is 5.29. The van der Waals surface area contributed by atoms with Crippen LogP contribution in [-0.2, 0) is 11.3 Å². The van der Waals surface area contributed by atoms with Crippen molar-refractivity contribution in [3.63, 3.8) is 0 Å². The van der Waals surface area contributed by atoms with Crippen molar-refractivity contribution in [1.82, 2.24) is 0 Å². The summed E-state index contributed by atoms with van der Waals surface area (Å²) in [6.45, 7) is 2.59. The summed E-state index contributed by atoms with van der Waals surface area (Å²) in [6.07, 6.45) is 11.5. The maximum absolute atomic E-state index is 14.8. The number of methoxy groups -OCH3 is 1. The Balaban J connectivity index is 1.91. The molecule has 1 fully saturated rings. The zero-order valence-electron chi connectivity index (χ0n) is 14.5. The second-order valence-corrected chi connectivity index (χ2v) is 7.78. The summed E-state index contributed by atoms with van der Waals surface area (Å²) in [4.78, 5) is 0. The number of halogens is 2. The highest BCUT2D eigenvalue weighted by Gasteiger charge is 2.25. The van der Waals surface area contributed by atoms with Gasteiger partial charge in [-0.3, -0.25) is 0 Å². The summed E-state index contributed by atoms with van der Waals surface area (Å²) in [7, 11) is 1.61. The van der Waals surface area contributed by atoms with Gasteiger partial charge < -0.3 is 4.74 Å². The van der Waals surface area contributed by atoms with Gasteiger partial charge in [0.25, 0.3) is 0 Å². The van der Waals surface area contributed by atoms with Gasteiger partial charge >= 0.3 is 0 Å². The van der Waals surface area contributed by atoms with Crippen molar-refractivity contribution in [2.24, 2.45) is 5.92 Å². The average molecular weight is 385 g/mol. The Morgan fingerprint density at radius 2 is 1.87 bits per heavy atom. The van der Waals surface area contributed by atoms with Crippen LogP contribution in [0.3, 0.4) is 0 Å². The quantitative estimate of drug-likeness (QED) is 0.439. The smallest absolute Gasteiger partial charge is 0.133 e. The molecule has 1 nitrogen and oxygen atoms in total. The molecular weight excluding hydrogens is 355 g/mol. The molecule has 0 atom stereocenters. The molecule has 0 N–H and O–H groups in total. The average Bonchev–Trinajstić information content (AvgIpc) is 2.56. The lowest BCUT2D eigenvalue weighted by Crippen LogP contribution is -2.15. The fourth-order valence-electron chi connectivity index (χ4n) is 3.83. The summed E-state index contributed by atoms with van der Waals surface area (Å²) < 4.78 is 20.7. The number of unbranched alkanes of at least 4 members (excludes halogenated alkanes) is 3. The van der Waals surface area contributed by atoms with Gasteiger partial charge in [0, 0.05) is 17.1 Å². The highest BCUT2D eigenvalue weighted by molar-refractivity contribution is 9.10. The number of hydrogen-bond donors (Lipinski definition) is 0. The molecule has 23 heavy (non-hydrogen) atoms. The van der Waals surface area contributed by atoms with Crippen molar-refractivity contribution in [2.75, 3.05) is 7.11 Å². The van der Waals surface area contributed by atoms with Gasteiger partial charge in [0.1, 0.15) is 5.82 Å². The lowest BCUT2D eigenvalue weighted by molar-refractivity contribution is 0.180. The van der Waals surface area contributed by atoms with Crippen LogP contribution in [-0.4, -0.2) is 7.11 Å². The van der Waals surface area contributed by atoms with E-state index in [4.69, 9.17) is 4.74 Å². The zero-order valence-corrected chi connectivity index (χ0v) is 16.1. The van der Waals surface area contributed by atoms with Crippen LogP contribution in [0.5, 0.6) is 0 Å². The van der Waals surface area contributed by atoms with Crippen LogP contribution in [0.1, 0.15) is 81.8 Å². The van der Waals surface area contributed by atoms with E-state index in [1.165, 1.54) is 44.9 Å². The number of ether oxygens (including phenoxy) is 1. The summed E-state index contributed by atoms with van der Waals surface area (Å²) in [5.41, 5.74) is 1.55. The van der Waals surface area contributed by atoms with Crippen molar-refractivity contribution >= 4 is 15.9 Å². The fourth-order valence-corrected chi connectivity index (χ4v) is 4.25. The van der Waals surface area contributed by atoms with Gasteiger partial charge in [-0.1, -0.05) is 61.0 Å². The molecule has 1 aliphatic rings. The summed E-state index contributed by atoms with van der Waals surface area (Å²) in [5, 5.41) is 0. The van der Waals surface area contributed by atoms with Crippen molar-refractivity contribution in [2.45, 2.75) is 77.2 Å². The molecule has 130 valence electrons. The number of rotatable bonds is 8. The van der Waals surface area contributed by atoms with Gasteiger partial charge in [0.05, 0.1) is 6.61 Å². The predicted octanol–water partition coefficient (Wildman–Crippen LogP) is 6.98. The number of hydrogen-bond acceptors (Lipinski definition) is 1. The Kier molecular flexibility index (Phi) is 8.05. The molecule has 0 saturated heterocycles. The van der Waals surface area contributed by atoms with E-state index in [-0.39, 0.29) is 5.82 Å². The molecule has 2 rings (SSSR count). The molecule has 1 aromatic carbocycles. The minimum atomic E-state index is -0.0624. The third-order valence-electron chi connectivity index (χ3n) is 5.26. The van der Waals surface area contributed by atoms with E-state index in [1.54, 1.807) is 7.11 Å². The minimum Gasteiger partial charge on any atom is -0.380 e. The molecular formula is C20H30BrFO. The van der Waals surface area contributed by atoms with E-state index in [9.17, 15) is 4.39 Å². The second kappa shape index (κ2) is 9.78. The van der Waals surface area contributed by atoms with Gasteiger partial charge in [0.2, 0.25) is 0 Å². The van der Waals surface area contributed by atoms with E-state index in [1.807, 2.05) is 12.1 Å². The van der Waals surface area contributed by atoms with Crippen LogP contribution < -0.4 is 0 Å². The summed E-state index contributed by atoms with van der Waals surface area (Å²) >= 11 is 3.44. The largest absolute Gasteiger partial charge is 0.380 e. The first-order valence-corrected chi connectivity index (χ1v) is 9.92. The fraction of sp³-hybridized carbons (Fsp3) is 0.700. The lowest BCUT2D eigenvalue weighted by Gasteiger charge is -2.29. The minimum absolute atomic E-state index is 0.0624. The molecule has 0 spiro atoms. The van der Waals surface area contributed by atoms with Crippen molar-refractivity contribution in [3.8, 4) is 0 Å². The topological polar surface area (TPSA) is 9.23 Å². The van der Waals surface area contributed by atoms with Gasteiger partial charge in [-0.05, 0) is 49.1 Å². The van der Waals surface area contributed by atoms with Gasteiger partial charge in [-0.2, -0.15) is 0 Å². The van der Waals surface area contributed by atoms with E-state index in [0.29, 0.717) is 18.1 Å². The highest BCUT2D eigenvalue weighted by atomic mass is 79.9. The Bertz CT molecular complexity index is 481. The van der Waals surface area contributed by atoms with Gasteiger partial charge in [-0.25, -0.2) is 4.39 Å². The molecule has 0 aromatic heterocycles. The van der Waals surface area contributed by atoms with Gasteiger partial charge in [0.15, 0.2) is 0 Å². The zero-order chi connectivity index (χ0) is 16.7. The Morgan fingerprint density at radius 1 is 1.13 bits per heavy atom. The summed E-state index contributed by atoms with van der Waals surface area (Å²) in [5.74, 6) is 1.18. The SMILES string of the molecule is CCCCCCC1CCC(c2ccc(Br)c(COC)c2F)CC1. The molecule has 0 amide bonds. The van der Waals surface area contributed by atoms with Crippen LogP contribution in [0, 0.1) is 11.7 Å². The lowest BCUT2D eigenvalue weighted by atomic mass is 9.76. The molecule has 0 aliphatic heterocycles. The second-order valence-electron chi connectivity index (χ2n) is 6.93. The maximum Gasteiger partial charge on any atom is 0.133 e. The molecule has 3 heteroatoms. The normalized spacial score (nSPS) is 21.6. The molecule has 0 heterocycles. The Labute approximate surface area is 149 Å². The summed E-state index contributed by atoms with van der Waals surface area (Å²) in [6, 6.07) is 3.94. The van der Waals surface area contributed by atoms with Crippen LogP contribution in [0.25, 0.3) is 0 Å². The first-order chi connectivity index (χ1) is 11.2.